The van der Waals surface area contributed by atoms with E-state index < -0.39 is 16.8 Å². The second-order valence-electron chi connectivity index (χ2n) is 3.90. The van der Waals surface area contributed by atoms with E-state index in [1.165, 1.54) is 12.8 Å². The molecule has 0 rings (SSSR count). The number of rotatable bonds is 10. The highest BCUT2D eigenvalue weighted by molar-refractivity contribution is 7.84. The van der Waals surface area contributed by atoms with Crippen LogP contribution in [0.1, 0.15) is 51.4 Å². The Hall–Kier alpha value is -0.380. The summed E-state index contributed by atoms with van der Waals surface area (Å²) in [6.07, 6.45) is 9.56. The van der Waals surface area contributed by atoms with E-state index in [1.807, 2.05) is 0 Å². The topological polar surface area (TPSA) is 54.4 Å². The average Bonchev–Trinajstić information content (AvgIpc) is 2.14. The van der Waals surface area contributed by atoms with Gasteiger partial charge in [0.05, 0.1) is 0 Å². The van der Waals surface area contributed by atoms with Crippen LogP contribution >= 0.6 is 0 Å². The molecule has 4 heteroatoms. The fourth-order valence-electron chi connectivity index (χ4n) is 1.47. The number of carbonyl (C=O) groups is 1. The van der Waals surface area contributed by atoms with Crippen molar-refractivity contribution < 1.29 is 14.1 Å². The summed E-state index contributed by atoms with van der Waals surface area (Å²) in [5.41, 5.74) is 0. The van der Waals surface area contributed by atoms with Crippen molar-refractivity contribution in [1.82, 2.24) is 0 Å². The minimum absolute atomic E-state index is 0.300. The molecule has 1 atom stereocenters. The van der Waals surface area contributed by atoms with E-state index >= 15 is 0 Å². The van der Waals surface area contributed by atoms with E-state index in [-0.39, 0.29) is 0 Å². The van der Waals surface area contributed by atoms with Crippen molar-refractivity contribution in [3.8, 4) is 0 Å². The summed E-state index contributed by atoms with van der Waals surface area (Å²) >= 11 is 0. The van der Waals surface area contributed by atoms with Crippen LogP contribution in [0.3, 0.4) is 0 Å². The molecule has 1 N–H and O–H groups in total. The second kappa shape index (κ2) is 10.1. The minimum atomic E-state index is -0.694. The van der Waals surface area contributed by atoms with Gasteiger partial charge in [0, 0.05) is 29.2 Å². The molecule has 0 saturated heterocycles. The zero-order chi connectivity index (χ0) is 11.5. The highest BCUT2D eigenvalue weighted by Gasteiger charge is 1.96. The number of hydrogen-bond donors (Lipinski definition) is 1. The maximum Gasteiger partial charge on any atom is 0.303 e. The third kappa shape index (κ3) is 13.6. The van der Waals surface area contributed by atoms with E-state index in [2.05, 4.69) is 0 Å². The first-order valence-corrected chi connectivity index (χ1v) is 7.37. The highest BCUT2D eigenvalue weighted by Crippen LogP contribution is 2.08. The zero-order valence-electron chi connectivity index (χ0n) is 9.54. The van der Waals surface area contributed by atoms with Gasteiger partial charge < -0.3 is 5.11 Å². The van der Waals surface area contributed by atoms with Crippen molar-refractivity contribution >= 4 is 16.8 Å². The fraction of sp³-hybridized carbons (Fsp3) is 0.909. The van der Waals surface area contributed by atoms with Gasteiger partial charge in [0.15, 0.2) is 0 Å². The molecule has 0 fully saturated rings. The summed E-state index contributed by atoms with van der Waals surface area (Å²) in [5.74, 6) is 0.124. The molecule has 90 valence electrons. The lowest BCUT2D eigenvalue weighted by Gasteiger charge is -2.00. The standard InChI is InChI=1S/C11H22O3S/c1-15(14)10-8-6-4-2-3-5-7-9-11(12)13/h2-10H2,1H3,(H,12,13). The highest BCUT2D eigenvalue weighted by atomic mass is 32.2. The van der Waals surface area contributed by atoms with Gasteiger partial charge >= 0.3 is 5.97 Å². The van der Waals surface area contributed by atoms with Crippen LogP contribution in [0.5, 0.6) is 0 Å². The molecular weight excluding hydrogens is 212 g/mol. The number of hydrogen-bond acceptors (Lipinski definition) is 2. The molecule has 0 spiro atoms. The Balaban J connectivity index is 2.99. The van der Waals surface area contributed by atoms with Crippen molar-refractivity contribution in [3.05, 3.63) is 0 Å². The summed E-state index contributed by atoms with van der Waals surface area (Å²) in [6, 6.07) is 0. The van der Waals surface area contributed by atoms with Gasteiger partial charge in [0.2, 0.25) is 0 Å². The van der Waals surface area contributed by atoms with Crippen LogP contribution < -0.4 is 0 Å². The smallest absolute Gasteiger partial charge is 0.303 e. The van der Waals surface area contributed by atoms with E-state index in [9.17, 15) is 9.00 Å². The Morgan fingerprint density at radius 1 is 1.00 bits per heavy atom. The normalized spacial score (nSPS) is 12.6. The molecule has 0 heterocycles. The molecule has 1 unspecified atom stereocenters. The van der Waals surface area contributed by atoms with Crippen molar-refractivity contribution in [2.45, 2.75) is 51.4 Å². The maximum absolute atomic E-state index is 10.7. The van der Waals surface area contributed by atoms with Gasteiger partial charge in [-0.1, -0.05) is 32.1 Å². The molecule has 0 aliphatic rings. The van der Waals surface area contributed by atoms with Gasteiger partial charge in [-0.15, -0.1) is 0 Å². The monoisotopic (exact) mass is 234 g/mol. The van der Waals surface area contributed by atoms with Crippen LogP contribution in [0.15, 0.2) is 0 Å². The van der Waals surface area contributed by atoms with Gasteiger partial charge in [-0.2, -0.15) is 0 Å². The van der Waals surface area contributed by atoms with Gasteiger partial charge in [-0.05, 0) is 12.8 Å². The Labute approximate surface area is 94.7 Å². The van der Waals surface area contributed by atoms with Gasteiger partial charge in [0.25, 0.3) is 0 Å². The number of unbranched alkanes of at least 4 members (excludes halogenated alkanes) is 6. The largest absolute Gasteiger partial charge is 0.481 e. The van der Waals surface area contributed by atoms with Crippen LogP contribution in [0.4, 0.5) is 0 Å². The van der Waals surface area contributed by atoms with Crippen molar-refractivity contribution in [1.29, 1.82) is 0 Å². The Bertz CT molecular complexity index is 172. The molecule has 3 nitrogen and oxygen atoms in total. The van der Waals surface area contributed by atoms with Gasteiger partial charge in [0.1, 0.15) is 0 Å². The Kier molecular flexibility index (Phi) is 9.89. The molecule has 0 bridgehead atoms. The van der Waals surface area contributed by atoms with Gasteiger partial charge in [-0.3, -0.25) is 9.00 Å². The predicted octanol–water partition coefficient (Wildman–Crippen LogP) is 2.57. The summed E-state index contributed by atoms with van der Waals surface area (Å²) in [4.78, 5) is 10.2. The predicted molar refractivity (Wildman–Crippen MR) is 63.5 cm³/mol. The van der Waals surface area contributed by atoms with Crippen molar-refractivity contribution in [3.63, 3.8) is 0 Å². The van der Waals surface area contributed by atoms with Crippen molar-refractivity contribution in [2.24, 2.45) is 0 Å². The Morgan fingerprint density at radius 2 is 1.47 bits per heavy atom. The average molecular weight is 234 g/mol. The molecule has 0 aromatic rings. The molecule has 0 aromatic carbocycles. The third-order valence-corrected chi connectivity index (χ3v) is 3.19. The lowest BCUT2D eigenvalue weighted by Crippen LogP contribution is -1.94. The van der Waals surface area contributed by atoms with Crippen LogP contribution in [-0.4, -0.2) is 27.3 Å². The lowest BCUT2D eigenvalue weighted by atomic mass is 10.1. The number of carboxylic acid groups (broad SMARTS) is 1. The SMILES string of the molecule is CS(=O)CCCCCCCCCC(=O)O. The quantitative estimate of drug-likeness (QED) is 0.591. The zero-order valence-corrected chi connectivity index (χ0v) is 10.4. The van der Waals surface area contributed by atoms with Crippen LogP contribution in [0.25, 0.3) is 0 Å². The molecule has 0 amide bonds. The van der Waals surface area contributed by atoms with Crippen LogP contribution in [0, 0.1) is 0 Å². The molecule has 0 aromatic heterocycles. The summed E-state index contributed by atoms with van der Waals surface area (Å²) in [5, 5.41) is 8.41. The molecule has 15 heavy (non-hydrogen) atoms. The van der Waals surface area contributed by atoms with E-state index in [0.717, 1.165) is 37.9 Å². The minimum Gasteiger partial charge on any atom is -0.481 e. The van der Waals surface area contributed by atoms with Crippen LogP contribution in [0.2, 0.25) is 0 Å². The second-order valence-corrected chi connectivity index (χ2v) is 5.45. The molecule has 0 aliphatic carbocycles. The lowest BCUT2D eigenvalue weighted by molar-refractivity contribution is -0.137. The fourth-order valence-corrected chi connectivity index (χ4v) is 2.08. The first-order valence-electron chi connectivity index (χ1n) is 5.64. The molecule has 0 saturated carbocycles. The Morgan fingerprint density at radius 3 is 1.93 bits per heavy atom. The first-order chi connectivity index (χ1) is 7.13. The summed E-state index contributed by atoms with van der Waals surface area (Å²) in [6.45, 7) is 0. The van der Waals surface area contributed by atoms with E-state index in [1.54, 1.807) is 6.26 Å². The molecular formula is C11H22O3S. The van der Waals surface area contributed by atoms with Crippen molar-refractivity contribution in [2.75, 3.05) is 12.0 Å². The molecule has 0 radical (unpaired) electrons. The maximum atomic E-state index is 10.7. The molecule has 0 aliphatic heterocycles. The van der Waals surface area contributed by atoms with Gasteiger partial charge in [-0.25, -0.2) is 0 Å². The third-order valence-electron chi connectivity index (χ3n) is 2.32. The number of aliphatic carboxylic acids is 1. The van der Waals surface area contributed by atoms with Crippen LogP contribution in [-0.2, 0) is 15.6 Å². The van der Waals surface area contributed by atoms with E-state index in [4.69, 9.17) is 5.11 Å². The number of carboxylic acids is 1. The first kappa shape index (κ1) is 14.6. The summed E-state index contributed by atoms with van der Waals surface area (Å²) < 4.78 is 10.7. The van der Waals surface area contributed by atoms with E-state index in [0.29, 0.717) is 6.42 Å². The summed E-state index contributed by atoms with van der Waals surface area (Å²) in [7, 11) is -0.646.